The summed E-state index contributed by atoms with van der Waals surface area (Å²) in [5.74, 6) is 0. The van der Waals surface area contributed by atoms with Crippen molar-refractivity contribution in [2.45, 2.75) is 38.8 Å². The zero-order chi connectivity index (χ0) is 14.1. The fourth-order valence-corrected chi connectivity index (χ4v) is 2.10. The third-order valence-electron chi connectivity index (χ3n) is 3.11. The second-order valence-electron chi connectivity index (χ2n) is 4.52. The number of benzene rings is 1. The molecule has 0 spiro atoms. The van der Waals surface area contributed by atoms with Crippen LogP contribution in [-0.4, -0.2) is 30.9 Å². The van der Waals surface area contributed by atoms with E-state index >= 15 is 0 Å². The van der Waals surface area contributed by atoms with Gasteiger partial charge in [-0.05, 0) is 44.0 Å². The maximum Gasteiger partial charge on any atom is 0.0942 e. The van der Waals surface area contributed by atoms with Gasteiger partial charge in [-0.25, -0.2) is 0 Å². The molecular weight excluding hydrogens is 262 g/mol. The van der Waals surface area contributed by atoms with E-state index in [9.17, 15) is 5.11 Å². The summed E-state index contributed by atoms with van der Waals surface area (Å²) in [7, 11) is 0. The summed E-state index contributed by atoms with van der Waals surface area (Å²) in [5, 5.41) is 14.4. The van der Waals surface area contributed by atoms with Crippen molar-refractivity contribution >= 4 is 11.6 Å². The van der Waals surface area contributed by atoms with Gasteiger partial charge >= 0.3 is 0 Å². The summed E-state index contributed by atoms with van der Waals surface area (Å²) in [4.78, 5) is 0. The van der Waals surface area contributed by atoms with Crippen molar-refractivity contribution in [3.8, 4) is 0 Å². The van der Waals surface area contributed by atoms with Gasteiger partial charge in [-0.3, -0.25) is 0 Å². The molecule has 3 nitrogen and oxygen atoms in total. The quantitative estimate of drug-likeness (QED) is 0.685. The Hall–Kier alpha value is -0.610. The zero-order valence-electron chi connectivity index (χ0n) is 11.7. The molecule has 0 radical (unpaired) electrons. The summed E-state index contributed by atoms with van der Waals surface area (Å²) < 4.78 is 5.29. The number of hydrogen-bond acceptors (Lipinski definition) is 3. The van der Waals surface area contributed by atoms with Crippen molar-refractivity contribution in [3.05, 3.63) is 34.9 Å². The lowest BCUT2D eigenvalue weighted by atomic mass is 10.0. The molecule has 1 aromatic carbocycles. The van der Waals surface area contributed by atoms with Gasteiger partial charge in [0.2, 0.25) is 0 Å². The lowest BCUT2D eigenvalue weighted by Crippen LogP contribution is -2.35. The van der Waals surface area contributed by atoms with Crippen molar-refractivity contribution in [1.82, 2.24) is 5.32 Å². The molecule has 2 N–H and O–H groups in total. The Balaban J connectivity index is 2.42. The first-order chi connectivity index (χ1) is 9.19. The van der Waals surface area contributed by atoms with Crippen LogP contribution < -0.4 is 5.32 Å². The SMILES string of the molecule is CCOCCCNC(CC)C(O)c1ccc(Cl)cc1. The Morgan fingerprint density at radius 1 is 1.26 bits per heavy atom. The van der Waals surface area contributed by atoms with Crippen molar-refractivity contribution < 1.29 is 9.84 Å². The average molecular weight is 286 g/mol. The van der Waals surface area contributed by atoms with Crippen LogP contribution in [0.1, 0.15) is 38.4 Å². The smallest absolute Gasteiger partial charge is 0.0942 e. The van der Waals surface area contributed by atoms with E-state index < -0.39 is 6.10 Å². The molecule has 2 atom stereocenters. The van der Waals surface area contributed by atoms with E-state index in [2.05, 4.69) is 12.2 Å². The van der Waals surface area contributed by atoms with Crippen LogP contribution in [-0.2, 0) is 4.74 Å². The van der Waals surface area contributed by atoms with Crippen LogP contribution in [0, 0.1) is 0 Å². The van der Waals surface area contributed by atoms with Gasteiger partial charge in [0.1, 0.15) is 0 Å². The average Bonchev–Trinajstić information content (AvgIpc) is 2.43. The Morgan fingerprint density at radius 3 is 2.53 bits per heavy atom. The fourth-order valence-electron chi connectivity index (χ4n) is 1.98. The minimum Gasteiger partial charge on any atom is -0.387 e. The third kappa shape index (κ3) is 5.91. The van der Waals surface area contributed by atoms with E-state index in [0.29, 0.717) is 5.02 Å². The van der Waals surface area contributed by atoms with Crippen LogP contribution in [0.5, 0.6) is 0 Å². The third-order valence-corrected chi connectivity index (χ3v) is 3.36. The number of halogens is 1. The van der Waals surface area contributed by atoms with Gasteiger partial charge in [0.05, 0.1) is 6.10 Å². The minimum atomic E-state index is -0.505. The van der Waals surface area contributed by atoms with E-state index in [1.54, 1.807) is 0 Å². The molecule has 0 saturated carbocycles. The predicted molar refractivity (Wildman–Crippen MR) is 79.6 cm³/mol. The van der Waals surface area contributed by atoms with Crippen LogP contribution in [0.15, 0.2) is 24.3 Å². The van der Waals surface area contributed by atoms with Gasteiger partial charge in [-0.2, -0.15) is 0 Å². The summed E-state index contributed by atoms with van der Waals surface area (Å²) in [5.41, 5.74) is 0.897. The van der Waals surface area contributed by atoms with Crippen LogP contribution in [0.25, 0.3) is 0 Å². The number of hydrogen-bond donors (Lipinski definition) is 2. The van der Waals surface area contributed by atoms with Crippen LogP contribution >= 0.6 is 11.6 Å². The summed E-state index contributed by atoms with van der Waals surface area (Å²) in [6, 6.07) is 7.42. The molecule has 108 valence electrons. The first-order valence-corrected chi connectivity index (χ1v) is 7.31. The first-order valence-electron chi connectivity index (χ1n) is 6.93. The molecule has 2 unspecified atom stereocenters. The maximum atomic E-state index is 10.3. The summed E-state index contributed by atoms with van der Waals surface area (Å²) >= 11 is 5.85. The van der Waals surface area contributed by atoms with Crippen LogP contribution in [0.2, 0.25) is 5.02 Å². The fraction of sp³-hybridized carbons (Fsp3) is 0.600. The number of nitrogens with one attached hydrogen (secondary N) is 1. The molecule has 19 heavy (non-hydrogen) atoms. The first kappa shape index (κ1) is 16.4. The van der Waals surface area contributed by atoms with Crippen molar-refractivity contribution in [2.75, 3.05) is 19.8 Å². The Kier molecular flexibility index (Phi) is 8.07. The highest BCUT2D eigenvalue weighted by atomic mass is 35.5. The summed E-state index contributed by atoms with van der Waals surface area (Å²) in [6.07, 6.45) is 1.32. The number of rotatable bonds is 9. The predicted octanol–water partition coefficient (Wildman–Crippen LogP) is 3.17. The van der Waals surface area contributed by atoms with Gasteiger partial charge in [-0.15, -0.1) is 0 Å². The molecule has 0 amide bonds. The molecule has 1 aromatic rings. The van der Waals surface area contributed by atoms with Gasteiger partial charge in [0, 0.05) is 24.3 Å². The molecular formula is C15H24ClNO2. The van der Waals surface area contributed by atoms with Gasteiger partial charge in [0.15, 0.2) is 0 Å². The van der Waals surface area contributed by atoms with E-state index in [4.69, 9.17) is 16.3 Å². The van der Waals surface area contributed by atoms with Crippen molar-refractivity contribution in [3.63, 3.8) is 0 Å². The Bertz CT molecular complexity index is 343. The number of ether oxygens (including phenoxy) is 1. The number of aliphatic hydroxyl groups excluding tert-OH is 1. The highest BCUT2D eigenvalue weighted by molar-refractivity contribution is 6.30. The maximum absolute atomic E-state index is 10.3. The van der Waals surface area contributed by atoms with Gasteiger partial charge < -0.3 is 15.2 Å². The molecule has 0 aromatic heterocycles. The molecule has 0 aliphatic carbocycles. The summed E-state index contributed by atoms with van der Waals surface area (Å²) in [6.45, 7) is 6.43. The van der Waals surface area contributed by atoms with E-state index in [0.717, 1.165) is 38.2 Å². The topological polar surface area (TPSA) is 41.5 Å². The van der Waals surface area contributed by atoms with E-state index in [1.807, 2.05) is 31.2 Å². The van der Waals surface area contributed by atoms with Crippen LogP contribution in [0.4, 0.5) is 0 Å². The Morgan fingerprint density at radius 2 is 1.95 bits per heavy atom. The van der Waals surface area contributed by atoms with Gasteiger partial charge in [0.25, 0.3) is 0 Å². The van der Waals surface area contributed by atoms with Gasteiger partial charge in [-0.1, -0.05) is 30.7 Å². The highest BCUT2D eigenvalue weighted by Crippen LogP contribution is 2.20. The second-order valence-corrected chi connectivity index (χ2v) is 4.95. The van der Waals surface area contributed by atoms with Crippen molar-refractivity contribution in [1.29, 1.82) is 0 Å². The second kappa shape index (κ2) is 9.32. The van der Waals surface area contributed by atoms with Crippen LogP contribution in [0.3, 0.4) is 0 Å². The molecule has 0 bridgehead atoms. The molecule has 1 rings (SSSR count). The molecule has 0 heterocycles. The largest absolute Gasteiger partial charge is 0.387 e. The van der Waals surface area contributed by atoms with Crippen molar-refractivity contribution in [2.24, 2.45) is 0 Å². The highest BCUT2D eigenvalue weighted by Gasteiger charge is 2.18. The Labute approximate surface area is 120 Å². The molecule has 0 aliphatic rings. The zero-order valence-corrected chi connectivity index (χ0v) is 12.5. The molecule has 0 fully saturated rings. The number of aliphatic hydroxyl groups is 1. The molecule has 0 saturated heterocycles. The van der Waals surface area contributed by atoms with E-state index in [-0.39, 0.29) is 6.04 Å². The monoisotopic (exact) mass is 285 g/mol. The minimum absolute atomic E-state index is 0.0582. The lowest BCUT2D eigenvalue weighted by Gasteiger charge is -2.23. The lowest BCUT2D eigenvalue weighted by molar-refractivity contribution is 0.118. The van der Waals surface area contributed by atoms with E-state index in [1.165, 1.54) is 0 Å². The molecule has 0 aliphatic heterocycles. The standard InChI is InChI=1S/C15H24ClNO2/c1-3-14(17-10-5-11-19-4-2)15(18)12-6-8-13(16)9-7-12/h6-9,14-15,17-18H,3-5,10-11H2,1-2H3. The molecule has 4 heteroatoms. The normalized spacial score (nSPS) is 14.3.